The number of hydrogen-bond donors (Lipinski definition) is 2. The highest BCUT2D eigenvalue weighted by atomic mass is 19.3. The van der Waals surface area contributed by atoms with E-state index < -0.39 is 12.5 Å². The van der Waals surface area contributed by atoms with Crippen LogP contribution in [-0.2, 0) is 10.7 Å². The third kappa shape index (κ3) is 4.03. The normalized spacial score (nSPS) is 16.2. The van der Waals surface area contributed by atoms with E-state index in [0.717, 1.165) is 12.8 Å². The first-order chi connectivity index (χ1) is 16.4. The number of nitrogens with zero attached hydrogens (tertiary/aromatic N) is 4. The van der Waals surface area contributed by atoms with Gasteiger partial charge in [-0.05, 0) is 31.4 Å². The fraction of sp³-hybridized carbons (Fsp3) is 0.375. The third-order valence-electron chi connectivity index (χ3n) is 6.34. The summed E-state index contributed by atoms with van der Waals surface area (Å²) in [5.41, 5.74) is 1.41. The Kier molecular flexibility index (Phi) is 5.78. The van der Waals surface area contributed by atoms with Crippen molar-refractivity contribution in [1.29, 1.82) is 0 Å². The molecular formula is C24H25F2N5O3. The molecule has 0 saturated carbocycles. The standard InChI is InChI=1S/C24H25F2N5O3/c1-15(16-3-2-4-17(11-16)24(25,26)14-32)28-23-19-13-30(18-6-9-34-10-7-18)22(33)12-20(19)31-21(29-23)5-8-27-31/h2-5,8,11-13,15,18,32H,6-7,9-10,14H2,1H3,(H,28,29). The molecule has 1 fully saturated rings. The molecule has 0 radical (unpaired) electrons. The first kappa shape index (κ1) is 22.4. The molecule has 10 heteroatoms. The van der Waals surface area contributed by atoms with Gasteiger partial charge in [0.2, 0.25) is 0 Å². The minimum Gasteiger partial charge on any atom is -0.390 e. The number of halogens is 2. The molecule has 4 aromatic rings. The summed E-state index contributed by atoms with van der Waals surface area (Å²) in [6, 6.07) is 8.91. The molecule has 1 aromatic carbocycles. The summed E-state index contributed by atoms with van der Waals surface area (Å²) < 4.78 is 36.8. The Morgan fingerprint density at radius 2 is 2.06 bits per heavy atom. The van der Waals surface area contributed by atoms with Gasteiger partial charge in [-0.25, -0.2) is 9.50 Å². The smallest absolute Gasteiger partial charge is 0.295 e. The topological polar surface area (TPSA) is 93.7 Å². The summed E-state index contributed by atoms with van der Waals surface area (Å²) in [5.74, 6) is -2.80. The van der Waals surface area contributed by atoms with Crippen LogP contribution in [0.2, 0.25) is 0 Å². The van der Waals surface area contributed by atoms with Gasteiger partial charge in [-0.1, -0.05) is 18.2 Å². The van der Waals surface area contributed by atoms with Crippen LogP contribution in [0.15, 0.2) is 53.6 Å². The van der Waals surface area contributed by atoms with Gasteiger partial charge in [0.05, 0.1) is 17.1 Å². The van der Waals surface area contributed by atoms with Gasteiger partial charge in [0.1, 0.15) is 12.4 Å². The zero-order chi connectivity index (χ0) is 23.9. The van der Waals surface area contributed by atoms with E-state index in [0.29, 0.717) is 41.1 Å². The molecule has 8 nitrogen and oxygen atoms in total. The van der Waals surface area contributed by atoms with Crippen molar-refractivity contribution >= 4 is 22.4 Å². The van der Waals surface area contributed by atoms with Crippen molar-refractivity contribution in [2.75, 3.05) is 25.1 Å². The molecule has 1 aliphatic heterocycles. The Morgan fingerprint density at radius 3 is 2.82 bits per heavy atom. The van der Waals surface area contributed by atoms with Crippen LogP contribution in [0.25, 0.3) is 16.6 Å². The lowest BCUT2D eigenvalue weighted by Gasteiger charge is -2.25. The lowest BCUT2D eigenvalue weighted by atomic mass is 10.0. The number of alkyl halides is 2. The zero-order valence-electron chi connectivity index (χ0n) is 18.6. The average molecular weight is 469 g/mol. The summed E-state index contributed by atoms with van der Waals surface area (Å²) >= 11 is 0. The number of aliphatic hydroxyl groups excluding tert-OH is 1. The molecule has 0 amide bonds. The summed E-state index contributed by atoms with van der Waals surface area (Å²) in [6.45, 7) is 1.79. The van der Waals surface area contributed by atoms with Crippen LogP contribution in [0.4, 0.5) is 14.6 Å². The summed E-state index contributed by atoms with van der Waals surface area (Å²) in [5, 5.41) is 17.4. The number of hydrogen-bond acceptors (Lipinski definition) is 6. The van der Waals surface area contributed by atoms with E-state index >= 15 is 0 Å². The molecule has 1 aliphatic rings. The van der Waals surface area contributed by atoms with Crippen molar-refractivity contribution in [3.63, 3.8) is 0 Å². The maximum Gasteiger partial charge on any atom is 0.295 e. The third-order valence-corrected chi connectivity index (χ3v) is 6.34. The first-order valence-electron chi connectivity index (χ1n) is 11.2. The second kappa shape index (κ2) is 8.77. The van der Waals surface area contributed by atoms with Crippen molar-refractivity contribution in [2.45, 2.75) is 37.8 Å². The van der Waals surface area contributed by atoms with Crippen molar-refractivity contribution in [1.82, 2.24) is 19.2 Å². The molecule has 34 heavy (non-hydrogen) atoms. The van der Waals surface area contributed by atoms with E-state index in [9.17, 15) is 13.6 Å². The number of nitrogens with one attached hydrogen (secondary N) is 1. The molecule has 1 unspecified atom stereocenters. The van der Waals surface area contributed by atoms with Gasteiger partial charge in [-0.2, -0.15) is 13.9 Å². The highest BCUT2D eigenvalue weighted by Gasteiger charge is 2.31. The molecule has 0 bridgehead atoms. The van der Waals surface area contributed by atoms with Crippen LogP contribution in [0.1, 0.15) is 43.0 Å². The van der Waals surface area contributed by atoms with Crippen molar-refractivity contribution in [2.24, 2.45) is 0 Å². The number of aliphatic hydroxyl groups is 1. The SMILES string of the molecule is CC(Nc1nc2ccnn2c2cc(=O)n(C3CCOCC3)cc12)c1cccc(C(F)(F)CO)c1. The predicted molar refractivity (Wildman–Crippen MR) is 123 cm³/mol. The molecule has 3 aromatic heterocycles. The van der Waals surface area contributed by atoms with E-state index in [1.54, 1.807) is 45.7 Å². The van der Waals surface area contributed by atoms with Gasteiger partial charge in [0.25, 0.3) is 11.5 Å². The van der Waals surface area contributed by atoms with E-state index in [-0.39, 0.29) is 23.2 Å². The number of ether oxygens (including phenoxy) is 1. The van der Waals surface area contributed by atoms with Crippen LogP contribution in [0.3, 0.4) is 0 Å². The fourth-order valence-electron chi connectivity index (χ4n) is 4.41. The Hall–Kier alpha value is -3.37. The number of pyridine rings is 1. The van der Waals surface area contributed by atoms with Crippen molar-refractivity contribution in [3.05, 3.63) is 70.3 Å². The van der Waals surface area contributed by atoms with Crippen LogP contribution in [0, 0.1) is 0 Å². The molecule has 178 valence electrons. The molecule has 4 heterocycles. The summed E-state index contributed by atoms with van der Waals surface area (Å²) in [7, 11) is 0. The Balaban J connectivity index is 1.58. The minimum absolute atomic E-state index is 0.0293. The maximum atomic E-state index is 14.0. The Labute approximate surface area is 193 Å². The molecule has 0 aliphatic carbocycles. The molecule has 2 N–H and O–H groups in total. The van der Waals surface area contributed by atoms with Crippen molar-refractivity contribution in [3.8, 4) is 0 Å². The Morgan fingerprint density at radius 1 is 1.26 bits per heavy atom. The van der Waals surface area contributed by atoms with Crippen LogP contribution in [0.5, 0.6) is 0 Å². The molecule has 1 atom stereocenters. The van der Waals surface area contributed by atoms with E-state index in [1.165, 1.54) is 12.1 Å². The van der Waals surface area contributed by atoms with Gasteiger partial charge in [0, 0.05) is 49.2 Å². The maximum absolute atomic E-state index is 14.0. The highest BCUT2D eigenvalue weighted by Crippen LogP contribution is 2.31. The number of benzene rings is 1. The van der Waals surface area contributed by atoms with Crippen LogP contribution in [-0.4, -0.2) is 44.1 Å². The average Bonchev–Trinajstić information content (AvgIpc) is 3.33. The number of fused-ring (bicyclic) bond motifs is 3. The lowest BCUT2D eigenvalue weighted by molar-refractivity contribution is -0.0556. The van der Waals surface area contributed by atoms with Gasteiger partial charge in [-0.3, -0.25) is 4.79 Å². The fourth-order valence-corrected chi connectivity index (χ4v) is 4.41. The first-order valence-corrected chi connectivity index (χ1v) is 11.2. The zero-order valence-corrected chi connectivity index (χ0v) is 18.6. The quantitative estimate of drug-likeness (QED) is 0.448. The lowest BCUT2D eigenvalue weighted by Crippen LogP contribution is -2.28. The van der Waals surface area contributed by atoms with Crippen molar-refractivity contribution < 1.29 is 18.6 Å². The van der Waals surface area contributed by atoms with Gasteiger partial charge >= 0.3 is 0 Å². The Bertz CT molecular complexity index is 1390. The van der Waals surface area contributed by atoms with Gasteiger partial charge in [-0.15, -0.1) is 0 Å². The summed E-state index contributed by atoms with van der Waals surface area (Å²) in [4.78, 5) is 17.7. The van der Waals surface area contributed by atoms with Crippen LogP contribution < -0.4 is 10.9 Å². The summed E-state index contributed by atoms with van der Waals surface area (Å²) in [6.07, 6.45) is 4.90. The second-order valence-corrected chi connectivity index (χ2v) is 8.58. The van der Waals surface area contributed by atoms with E-state index in [2.05, 4.69) is 10.4 Å². The second-order valence-electron chi connectivity index (χ2n) is 8.58. The monoisotopic (exact) mass is 469 g/mol. The highest BCUT2D eigenvalue weighted by molar-refractivity contribution is 5.90. The number of rotatable bonds is 6. The van der Waals surface area contributed by atoms with Gasteiger partial charge in [0.15, 0.2) is 5.65 Å². The molecule has 0 spiro atoms. The van der Waals surface area contributed by atoms with E-state index in [1.807, 2.05) is 6.92 Å². The molecule has 5 rings (SSSR count). The largest absolute Gasteiger partial charge is 0.390 e. The number of anilines is 1. The molecule has 1 saturated heterocycles. The number of aromatic nitrogens is 4. The minimum atomic E-state index is -3.32. The molecular weight excluding hydrogens is 444 g/mol. The van der Waals surface area contributed by atoms with E-state index in [4.69, 9.17) is 14.8 Å². The van der Waals surface area contributed by atoms with Crippen LogP contribution >= 0.6 is 0 Å². The predicted octanol–water partition coefficient (Wildman–Crippen LogP) is 3.65. The van der Waals surface area contributed by atoms with Gasteiger partial charge < -0.3 is 19.7 Å².